The van der Waals surface area contributed by atoms with Gasteiger partial charge in [0, 0.05) is 23.3 Å². The quantitative estimate of drug-likeness (QED) is 0.484. The van der Waals surface area contributed by atoms with E-state index in [4.69, 9.17) is 4.74 Å². The molecule has 1 aromatic rings. The summed E-state index contributed by atoms with van der Waals surface area (Å²) in [6.07, 6.45) is 6.26. The van der Waals surface area contributed by atoms with Crippen molar-refractivity contribution < 1.29 is 14.7 Å². The number of hydrogen-bond donors (Lipinski definition) is 4. The lowest BCUT2D eigenvalue weighted by Crippen LogP contribution is -2.37. The van der Waals surface area contributed by atoms with E-state index in [1.165, 1.54) is 0 Å². The molecule has 0 bridgehead atoms. The van der Waals surface area contributed by atoms with Gasteiger partial charge in [-0.2, -0.15) is 5.48 Å². The summed E-state index contributed by atoms with van der Waals surface area (Å²) >= 11 is 3.57. The van der Waals surface area contributed by atoms with Crippen molar-refractivity contribution in [3.05, 3.63) is 29.1 Å². The average Bonchev–Trinajstić information content (AvgIpc) is 2.81. The van der Waals surface area contributed by atoms with Gasteiger partial charge in [-0.05, 0) is 44.4 Å². The Kier molecular flexibility index (Phi) is 5.31. The smallest absolute Gasteiger partial charge is 0.407 e. The number of rotatable bonds is 4. The topological polar surface area (TPSA) is 86.4 Å². The summed E-state index contributed by atoms with van der Waals surface area (Å²) in [7, 11) is 0. The molecule has 22 heavy (non-hydrogen) atoms. The molecule has 0 spiro atoms. The van der Waals surface area contributed by atoms with Crippen molar-refractivity contribution in [2.45, 2.75) is 43.7 Å². The van der Waals surface area contributed by atoms with Crippen molar-refractivity contribution in [1.29, 1.82) is 0 Å². The zero-order valence-corrected chi connectivity index (χ0v) is 14.5. The molecule has 0 fully saturated rings. The summed E-state index contributed by atoms with van der Waals surface area (Å²) in [5, 5.41) is 12.1. The molecule has 7 heteroatoms. The molecule has 0 radical (unpaired) electrons. The summed E-state index contributed by atoms with van der Waals surface area (Å²) in [5.74, 6) is 0. The molecule has 0 saturated carbocycles. The van der Waals surface area contributed by atoms with Gasteiger partial charge in [-0.3, -0.25) is 0 Å². The molecule has 1 aliphatic carbocycles. The number of fused-ring (bicyclic) bond motifs is 1. The molecule has 2 rings (SSSR count). The molecule has 1 heterocycles. The third-order valence-corrected chi connectivity index (χ3v) is 3.94. The monoisotopic (exact) mass is 371 g/mol. The Morgan fingerprint density at radius 3 is 2.95 bits per heavy atom. The number of allylic oxidation sites excluding steroid dienone is 1. The minimum atomic E-state index is -0.548. The van der Waals surface area contributed by atoms with Crippen LogP contribution in [0, 0.1) is 0 Å². The molecular weight excluding hydrogens is 350 g/mol. The molecule has 122 valence electrons. The second-order valence-electron chi connectivity index (χ2n) is 6.28. The van der Waals surface area contributed by atoms with Gasteiger partial charge in [0.25, 0.3) is 0 Å². The zero-order chi connectivity index (χ0) is 16.3. The van der Waals surface area contributed by atoms with E-state index in [9.17, 15) is 10.0 Å². The van der Waals surface area contributed by atoms with Gasteiger partial charge in [-0.15, -0.1) is 0 Å². The van der Waals surface area contributed by atoms with Crippen molar-refractivity contribution in [3.63, 3.8) is 0 Å². The largest absolute Gasteiger partial charge is 0.444 e. The fourth-order valence-electron chi connectivity index (χ4n) is 2.36. The van der Waals surface area contributed by atoms with Crippen molar-refractivity contribution in [2.75, 3.05) is 6.54 Å². The number of H-pyrrole nitrogens is 1. The van der Waals surface area contributed by atoms with E-state index >= 15 is 0 Å². The van der Waals surface area contributed by atoms with Gasteiger partial charge in [0.15, 0.2) is 0 Å². The van der Waals surface area contributed by atoms with Crippen LogP contribution in [0.15, 0.2) is 12.3 Å². The van der Waals surface area contributed by atoms with Gasteiger partial charge >= 0.3 is 6.09 Å². The first-order valence-electron chi connectivity index (χ1n) is 7.19. The highest BCUT2D eigenvalue weighted by atomic mass is 79.9. The first-order chi connectivity index (χ1) is 10.3. The molecule has 1 aliphatic rings. The van der Waals surface area contributed by atoms with E-state index in [1.807, 2.05) is 12.3 Å². The van der Waals surface area contributed by atoms with Crippen molar-refractivity contribution >= 4 is 28.1 Å². The predicted octanol–water partition coefficient (Wildman–Crippen LogP) is 2.89. The lowest BCUT2D eigenvalue weighted by Gasteiger charge is -2.22. The molecule has 2 atom stereocenters. The van der Waals surface area contributed by atoms with E-state index < -0.39 is 17.7 Å². The number of aromatic nitrogens is 1. The molecule has 6 nitrogen and oxygen atoms in total. The number of hydroxylamine groups is 1. The van der Waals surface area contributed by atoms with Crippen LogP contribution in [-0.2, 0) is 11.2 Å². The van der Waals surface area contributed by atoms with Gasteiger partial charge in [0.1, 0.15) is 5.60 Å². The Hall–Kier alpha value is -1.31. The molecular formula is C15H22BrN3O3. The van der Waals surface area contributed by atoms with Crippen LogP contribution in [0.2, 0.25) is 0 Å². The van der Waals surface area contributed by atoms with Gasteiger partial charge in [0.2, 0.25) is 0 Å². The van der Waals surface area contributed by atoms with Crippen LogP contribution >= 0.6 is 15.9 Å². The maximum atomic E-state index is 11.7. The number of alkyl carbamates (subject to hydrolysis) is 1. The number of alkyl halides is 1. The number of ether oxygens (including phenoxy) is 1. The first-order valence-corrected chi connectivity index (χ1v) is 8.10. The van der Waals surface area contributed by atoms with Crippen LogP contribution in [0.4, 0.5) is 4.79 Å². The maximum absolute atomic E-state index is 11.7. The highest BCUT2D eigenvalue weighted by Gasteiger charge is 2.23. The highest BCUT2D eigenvalue weighted by molar-refractivity contribution is 9.09. The van der Waals surface area contributed by atoms with Crippen LogP contribution in [0.3, 0.4) is 0 Å². The fraction of sp³-hybridized carbons (Fsp3) is 0.533. The van der Waals surface area contributed by atoms with E-state index in [0.29, 0.717) is 0 Å². The van der Waals surface area contributed by atoms with Crippen LogP contribution in [0.25, 0.3) is 6.08 Å². The highest BCUT2D eigenvalue weighted by Crippen LogP contribution is 2.29. The minimum Gasteiger partial charge on any atom is -0.444 e. The Labute approximate surface area is 138 Å². The number of halogens is 1. The summed E-state index contributed by atoms with van der Waals surface area (Å²) in [6.45, 7) is 5.64. The first kappa shape index (κ1) is 17.1. The Bertz CT molecular complexity index is 563. The summed E-state index contributed by atoms with van der Waals surface area (Å²) in [6, 6.07) is -0.404. The Balaban J connectivity index is 2.03. The predicted molar refractivity (Wildman–Crippen MR) is 88.1 cm³/mol. The third-order valence-electron chi connectivity index (χ3n) is 3.31. The number of amides is 1. The molecule has 0 aliphatic heterocycles. The zero-order valence-electron chi connectivity index (χ0n) is 12.9. The Morgan fingerprint density at radius 1 is 1.59 bits per heavy atom. The molecule has 0 aromatic carbocycles. The lowest BCUT2D eigenvalue weighted by molar-refractivity contribution is 0.0502. The number of nitrogens with one attached hydrogen (secondary N) is 3. The van der Waals surface area contributed by atoms with Gasteiger partial charge in [-0.25, -0.2) is 4.79 Å². The van der Waals surface area contributed by atoms with Crippen molar-refractivity contribution in [1.82, 2.24) is 15.8 Å². The molecule has 1 aromatic heterocycles. The second kappa shape index (κ2) is 6.85. The van der Waals surface area contributed by atoms with Crippen LogP contribution in [-0.4, -0.2) is 33.3 Å². The van der Waals surface area contributed by atoms with E-state index in [-0.39, 0.29) is 11.4 Å². The van der Waals surface area contributed by atoms with E-state index in [2.05, 4.69) is 37.8 Å². The third kappa shape index (κ3) is 4.34. The van der Waals surface area contributed by atoms with Crippen LogP contribution in [0.1, 0.15) is 43.6 Å². The SMILES string of the molecule is CC(C)(C)OC(=O)NCC(NO)c1c[nH]c2c1CC(Br)C=C2. The summed E-state index contributed by atoms with van der Waals surface area (Å²) in [5.41, 5.74) is 4.80. The lowest BCUT2D eigenvalue weighted by atomic mass is 9.96. The van der Waals surface area contributed by atoms with Crippen molar-refractivity contribution in [3.8, 4) is 0 Å². The minimum absolute atomic E-state index is 0.229. The number of carbonyl (C=O) groups excluding carboxylic acids is 1. The van der Waals surface area contributed by atoms with E-state index in [0.717, 1.165) is 23.2 Å². The summed E-state index contributed by atoms with van der Waals surface area (Å²) < 4.78 is 5.19. The second-order valence-corrected chi connectivity index (χ2v) is 7.46. The van der Waals surface area contributed by atoms with Gasteiger partial charge in [0.05, 0.1) is 6.04 Å². The van der Waals surface area contributed by atoms with Gasteiger partial charge in [-0.1, -0.05) is 22.0 Å². The number of carbonyl (C=O) groups is 1. The van der Waals surface area contributed by atoms with Crippen molar-refractivity contribution in [2.24, 2.45) is 0 Å². The average molecular weight is 372 g/mol. The Morgan fingerprint density at radius 2 is 2.32 bits per heavy atom. The van der Waals surface area contributed by atoms with Crippen LogP contribution in [0.5, 0.6) is 0 Å². The maximum Gasteiger partial charge on any atom is 0.407 e. The number of hydrogen-bond acceptors (Lipinski definition) is 4. The summed E-state index contributed by atoms with van der Waals surface area (Å²) in [4.78, 5) is 15.2. The van der Waals surface area contributed by atoms with Crippen LogP contribution < -0.4 is 10.8 Å². The molecule has 4 N–H and O–H groups in total. The van der Waals surface area contributed by atoms with E-state index in [1.54, 1.807) is 20.8 Å². The normalized spacial score (nSPS) is 18.7. The van der Waals surface area contributed by atoms with Gasteiger partial charge < -0.3 is 20.2 Å². The standard InChI is InChI=1S/C15H22BrN3O3/c1-15(2,3)22-14(20)18-8-13(19-21)11-7-17-12-5-4-9(16)6-10(11)12/h4-5,7,9,13,17,19,21H,6,8H2,1-3H3,(H,18,20). The number of aromatic amines is 1. The fourth-order valence-corrected chi connectivity index (χ4v) is 2.84. The molecule has 0 saturated heterocycles. The molecule has 1 amide bonds. The molecule has 2 unspecified atom stereocenters.